The maximum atomic E-state index is 12.4. The third kappa shape index (κ3) is 3.64. The smallest absolute Gasteiger partial charge is 0.350 e. The molecule has 1 aliphatic rings. The van der Waals surface area contributed by atoms with Gasteiger partial charge < -0.3 is 11.1 Å². The van der Waals surface area contributed by atoms with Crippen molar-refractivity contribution in [2.75, 3.05) is 0 Å². The van der Waals surface area contributed by atoms with Gasteiger partial charge in [0.05, 0.1) is 11.1 Å². The molecule has 1 fully saturated rings. The standard InChI is InChI=1S/C13H15F3N2O.ClH/c14-13(15,16)10-4-2-9(3-5-10)8-18-11(19)12(17)6-1-7-12;/h2-5H,1,6-8,17H2,(H,18,19);1H. The number of halogens is 4. The van der Waals surface area contributed by atoms with Crippen LogP contribution in [-0.4, -0.2) is 11.4 Å². The van der Waals surface area contributed by atoms with Crippen molar-refractivity contribution in [3.8, 4) is 0 Å². The lowest BCUT2D eigenvalue weighted by molar-refractivity contribution is -0.137. The molecule has 0 aliphatic heterocycles. The summed E-state index contributed by atoms with van der Waals surface area (Å²) in [5.41, 5.74) is 4.96. The summed E-state index contributed by atoms with van der Waals surface area (Å²) in [7, 11) is 0. The molecule has 112 valence electrons. The van der Waals surface area contributed by atoms with Gasteiger partial charge in [0.25, 0.3) is 0 Å². The van der Waals surface area contributed by atoms with E-state index >= 15 is 0 Å². The lowest BCUT2D eigenvalue weighted by Crippen LogP contribution is -2.58. The Labute approximate surface area is 121 Å². The highest BCUT2D eigenvalue weighted by molar-refractivity contribution is 5.87. The molecule has 3 N–H and O–H groups in total. The van der Waals surface area contributed by atoms with Crippen molar-refractivity contribution < 1.29 is 18.0 Å². The lowest BCUT2D eigenvalue weighted by Gasteiger charge is -2.36. The van der Waals surface area contributed by atoms with Gasteiger partial charge >= 0.3 is 6.18 Å². The molecular formula is C13H16ClF3N2O. The number of carbonyl (C=O) groups excluding carboxylic acids is 1. The predicted molar refractivity (Wildman–Crippen MR) is 71.3 cm³/mol. The highest BCUT2D eigenvalue weighted by atomic mass is 35.5. The van der Waals surface area contributed by atoms with E-state index in [9.17, 15) is 18.0 Å². The number of carbonyl (C=O) groups is 1. The van der Waals surface area contributed by atoms with E-state index in [-0.39, 0.29) is 24.9 Å². The van der Waals surface area contributed by atoms with Crippen LogP contribution in [0.5, 0.6) is 0 Å². The number of hydrogen-bond donors (Lipinski definition) is 2. The quantitative estimate of drug-likeness (QED) is 0.902. The molecule has 2 rings (SSSR count). The molecule has 3 nitrogen and oxygen atoms in total. The summed E-state index contributed by atoms with van der Waals surface area (Å²) in [4.78, 5) is 11.7. The lowest BCUT2D eigenvalue weighted by atomic mass is 9.77. The highest BCUT2D eigenvalue weighted by Gasteiger charge is 2.39. The average Bonchev–Trinajstić information content (AvgIpc) is 2.32. The number of nitrogens with two attached hydrogens (primary N) is 1. The number of benzene rings is 1. The first kappa shape index (κ1) is 16.8. The Hall–Kier alpha value is -1.27. The molecule has 0 heterocycles. The van der Waals surface area contributed by atoms with E-state index in [1.807, 2.05) is 0 Å². The molecule has 1 aromatic carbocycles. The minimum absolute atomic E-state index is 0. The van der Waals surface area contributed by atoms with E-state index in [0.717, 1.165) is 18.6 Å². The van der Waals surface area contributed by atoms with Crippen molar-refractivity contribution in [3.63, 3.8) is 0 Å². The summed E-state index contributed by atoms with van der Waals surface area (Å²) in [6.45, 7) is 0.190. The molecule has 0 aromatic heterocycles. The summed E-state index contributed by atoms with van der Waals surface area (Å²) in [5, 5.41) is 2.65. The van der Waals surface area contributed by atoms with Crippen molar-refractivity contribution in [3.05, 3.63) is 35.4 Å². The fraction of sp³-hybridized carbons (Fsp3) is 0.462. The van der Waals surface area contributed by atoms with Crippen molar-refractivity contribution in [2.45, 2.75) is 37.5 Å². The van der Waals surface area contributed by atoms with Gasteiger partial charge in [-0.2, -0.15) is 13.2 Å². The van der Waals surface area contributed by atoms with Gasteiger partial charge in [-0.3, -0.25) is 4.79 Å². The Morgan fingerprint density at radius 2 is 1.80 bits per heavy atom. The van der Waals surface area contributed by atoms with Crippen LogP contribution in [0.4, 0.5) is 13.2 Å². The molecule has 0 saturated heterocycles. The van der Waals surface area contributed by atoms with E-state index in [2.05, 4.69) is 5.32 Å². The zero-order valence-corrected chi connectivity index (χ0v) is 11.5. The summed E-state index contributed by atoms with van der Waals surface area (Å²) >= 11 is 0. The largest absolute Gasteiger partial charge is 0.416 e. The number of hydrogen-bond acceptors (Lipinski definition) is 2. The second-order valence-electron chi connectivity index (χ2n) is 4.89. The second-order valence-corrected chi connectivity index (χ2v) is 4.89. The molecule has 1 saturated carbocycles. The van der Waals surface area contributed by atoms with Crippen LogP contribution in [0.3, 0.4) is 0 Å². The minimum Gasteiger partial charge on any atom is -0.350 e. The molecule has 1 aromatic rings. The predicted octanol–water partition coefficient (Wildman–Crippen LogP) is 2.62. The van der Waals surface area contributed by atoms with Crippen molar-refractivity contribution >= 4 is 18.3 Å². The first-order chi connectivity index (χ1) is 8.81. The van der Waals surface area contributed by atoms with Gasteiger partial charge in [0.1, 0.15) is 0 Å². The average molecular weight is 309 g/mol. The molecule has 0 bridgehead atoms. The van der Waals surface area contributed by atoms with E-state index < -0.39 is 17.3 Å². The van der Waals surface area contributed by atoms with Crippen LogP contribution < -0.4 is 11.1 Å². The Balaban J connectivity index is 0.00000200. The van der Waals surface area contributed by atoms with Crippen LogP contribution in [0, 0.1) is 0 Å². The third-order valence-electron chi connectivity index (χ3n) is 3.43. The summed E-state index contributed by atoms with van der Waals surface area (Å²) < 4.78 is 37.1. The fourth-order valence-corrected chi connectivity index (χ4v) is 1.95. The summed E-state index contributed by atoms with van der Waals surface area (Å²) in [5.74, 6) is -0.237. The Kier molecular flexibility index (Phi) is 5.05. The second kappa shape index (κ2) is 6.01. The Morgan fingerprint density at radius 3 is 2.20 bits per heavy atom. The Morgan fingerprint density at radius 1 is 1.25 bits per heavy atom. The van der Waals surface area contributed by atoms with Crippen LogP contribution in [-0.2, 0) is 17.5 Å². The van der Waals surface area contributed by atoms with Gasteiger partial charge in [0.2, 0.25) is 5.91 Å². The van der Waals surface area contributed by atoms with Crippen LogP contribution in [0.2, 0.25) is 0 Å². The van der Waals surface area contributed by atoms with Crippen LogP contribution in [0.1, 0.15) is 30.4 Å². The first-order valence-electron chi connectivity index (χ1n) is 6.05. The minimum atomic E-state index is -4.34. The SMILES string of the molecule is Cl.NC1(C(=O)NCc2ccc(C(F)(F)F)cc2)CCC1. The Bertz CT molecular complexity index is 469. The molecule has 7 heteroatoms. The fourth-order valence-electron chi connectivity index (χ4n) is 1.95. The summed E-state index contributed by atoms with van der Waals surface area (Å²) in [6.07, 6.45) is -2.09. The van der Waals surface area contributed by atoms with E-state index in [1.54, 1.807) is 0 Å². The molecular weight excluding hydrogens is 293 g/mol. The van der Waals surface area contributed by atoms with Crippen LogP contribution >= 0.6 is 12.4 Å². The van der Waals surface area contributed by atoms with E-state index in [0.29, 0.717) is 18.4 Å². The maximum absolute atomic E-state index is 12.4. The topological polar surface area (TPSA) is 55.1 Å². The van der Waals surface area contributed by atoms with E-state index in [4.69, 9.17) is 5.73 Å². The maximum Gasteiger partial charge on any atom is 0.416 e. The zero-order valence-electron chi connectivity index (χ0n) is 10.7. The van der Waals surface area contributed by atoms with Crippen LogP contribution in [0.15, 0.2) is 24.3 Å². The molecule has 0 radical (unpaired) electrons. The molecule has 0 unspecified atom stereocenters. The molecule has 1 aliphatic carbocycles. The monoisotopic (exact) mass is 308 g/mol. The van der Waals surface area contributed by atoms with Gasteiger partial charge in [0, 0.05) is 6.54 Å². The van der Waals surface area contributed by atoms with Crippen LogP contribution in [0.25, 0.3) is 0 Å². The van der Waals surface area contributed by atoms with Gasteiger partial charge in [0.15, 0.2) is 0 Å². The third-order valence-corrected chi connectivity index (χ3v) is 3.43. The zero-order chi connectivity index (χ0) is 14.1. The normalized spacial score (nSPS) is 16.8. The number of nitrogens with one attached hydrogen (secondary N) is 1. The number of rotatable bonds is 3. The van der Waals surface area contributed by atoms with E-state index in [1.165, 1.54) is 12.1 Å². The number of amides is 1. The summed E-state index contributed by atoms with van der Waals surface area (Å²) in [6, 6.07) is 4.71. The number of alkyl halides is 3. The van der Waals surface area contributed by atoms with Crippen molar-refractivity contribution in [1.29, 1.82) is 0 Å². The van der Waals surface area contributed by atoms with Gasteiger partial charge in [-0.05, 0) is 37.0 Å². The van der Waals surface area contributed by atoms with Gasteiger partial charge in [-0.25, -0.2) is 0 Å². The van der Waals surface area contributed by atoms with Crippen molar-refractivity contribution in [2.24, 2.45) is 5.73 Å². The molecule has 0 spiro atoms. The van der Waals surface area contributed by atoms with Crippen molar-refractivity contribution in [1.82, 2.24) is 5.32 Å². The molecule has 0 atom stereocenters. The van der Waals surface area contributed by atoms with Gasteiger partial charge in [-0.1, -0.05) is 12.1 Å². The first-order valence-corrected chi connectivity index (χ1v) is 6.05. The highest BCUT2D eigenvalue weighted by Crippen LogP contribution is 2.30. The van der Waals surface area contributed by atoms with Gasteiger partial charge in [-0.15, -0.1) is 12.4 Å². The molecule has 1 amide bonds. The molecule has 20 heavy (non-hydrogen) atoms.